The minimum atomic E-state index is -0.926. The fourth-order valence-electron chi connectivity index (χ4n) is 1.22. The van der Waals surface area contributed by atoms with E-state index in [9.17, 15) is 4.79 Å². The van der Waals surface area contributed by atoms with E-state index in [1.807, 2.05) is 0 Å². The second-order valence-corrected chi connectivity index (χ2v) is 4.58. The van der Waals surface area contributed by atoms with Crippen molar-refractivity contribution < 1.29 is 19.5 Å². The smallest absolute Gasteiger partial charge is 0.256 e. The molecule has 0 spiro atoms. The van der Waals surface area contributed by atoms with Crippen LogP contribution >= 0.6 is 0 Å². The summed E-state index contributed by atoms with van der Waals surface area (Å²) in [6.45, 7) is 3.29. The van der Waals surface area contributed by atoms with Gasteiger partial charge in [-0.15, -0.1) is 0 Å². The number of ether oxygens (including phenoxy) is 2. The standard InChI is InChI=1S/C13H19N3O4/c1-13(2,19-3)12(17)15-9-5-4-6-10(7-9)20-8-11(14)16-18/h4-7,18H,8H2,1-3H3,(H2,14,16)(H,15,17). The summed E-state index contributed by atoms with van der Waals surface area (Å²) in [5.74, 6) is 0.179. The molecule has 0 heterocycles. The van der Waals surface area contributed by atoms with Gasteiger partial charge in [-0.3, -0.25) is 4.79 Å². The first-order valence-electron chi connectivity index (χ1n) is 5.95. The number of carbonyl (C=O) groups is 1. The largest absolute Gasteiger partial charge is 0.485 e. The van der Waals surface area contributed by atoms with Crippen molar-refractivity contribution in [1.82, 2.24) is 0 Å². The number of nitrogens with one attached hydrogen (secondary N) is 1. The Bertz CT molecular complexity index is 500. The molecule has 0 aliphatic carbocycles. The number of benzene rings is 1. The van der Waals surface area contributed by atoms with Crippen LogP contribution in [0.15, 0.2) is 29.4 Å². The highest BCUT2D eigenvalue weighted by molar-refractivity contribution is 5.96. The van der Waals surface area contributed by atoms with Crippen LogP contribution in [0.2, 0.25) is 0 Å². The second-order valence-electron chi connectivity index (χ2n) is 4.58. The molecule has 0 bridgehead atoms. The average Bonchev–Trinajstić information content (AvgIpc) is 2.45. The van der Waals surface area contributed by atoms with Gasteiger partial charge in [0.1, 0.15) is 18.0 Å². The molecule has 4 N–H and O–H groups in total. The first-order chi connectivity index (χ1) is 9.39. The number of hydrogen-bond acceptors (Lipinski definition) is 5. The van der Waals surface area contributed by atoms with Crippen molar-refractivity contribution in [3.8, 4) is 5.75 Å². The first kappa shape index (κ1) is 15.8. The maximum Gasteiger partial charge on any atom is 0.256 e. The van der Waals surface area contributed by atoms with Gasteiger partial charge < -0.3 is 25.7 Å². The summed E-state index contributed by atoms with van der Waals surface area (Å²) in [5, 5.41) is 13.9. The zero-order valence-corrected chi connectivity index (χ0v) is 11.7. The lowest BCUT2D eigenvalue weighted by molar-refractivity contribution is -0.133. The molecule has 110 valence electrons. The molecule has 20 heavy (non-hydrogen) atoms. The van der Waals surface area contributed by atoms with E-state index in [1.165, 1.54) is 7.11 Å². The molecule has 0 radical (unpaired) electrons. The van der Waals surface area contributed by atoms with Gasteiger partial charge in [0.05, 0.1) is 0 Å². The molecule has 1 rings (SSSR count). The zero-order chi connectivity index (χ0) is 15.2. The molecule has 0 aromatic heterocycles. The summed E-state index contributed by atoms with van der Waals surface area (Å²) >= 11 is 0. The van der Waals surface area contributed by atoms with E-state index in [0.717, 1.165) is 0 Å². The van der Waals surface area contributed by atoms with E-state index in [0.29, 0.717) is 11.4 Å². The fraction of sp³-hybridized carbons (Fsp3) is 0.385. The van der Waals surface area contributed by atoms with Crippen LogP contribution in [0.3, 0.4) is 0 Å². The van der Waals surface area contributed by atoms with Crippen LogP contribution in [0.1, 0.15) is 13.8 Å². The van der Waals surface area contributed by atoms with Gasteiger partial charge in [-0.25, -0.2) is 0 Å². The van der Waals surface area contributed by atoms with Crippen molar-refractivity contribution in [3.63, 3.8) is 0 Å². The van der Waals surface area contributed by atoms with Crippen LogP contribution in [-0.4, -0.2) is 36.3 Å². The number of nitrogens with two attached hydrogens (primary N) is 1. The van der Waals surface area contributed by atoms with Crippen LogP contribution in [-0.2, 0) is 9.53 Å². The second kappa shape index (κ2) is 6.76. The molecule has 0 saturated heterocycles. The van der Waals surface area contributed by atoms with Gasteiger partial charge in [0.2, 0.25) is 0 Å². The zero-order valence-electron chi connectivity index (χ0n) is 11.7. The van der Waals surface area contributed by atoms with Gasteiger partial charge in [0.15, 0.2) is 5.84 Å². The van der Waals surface area contributed by atoms with Crippen LogP contribution in [0.4, 0.5) is 5.69 Å². The molecule has 7 nitrogen and oxygen atoms in total. The molecule has 0 aliphatic rings. The van der Waals surface area contributed by atoms with Crippen molar-refractivity contribution in [2.75, 3.05) is 19.0 Å². The van der Waals surface area contributed by atoms with E-state index >= 15 is 0 Å². The predicted molar refractivity (Wildman–Crippen MR) is 75.1 cm³/mol. The Hall–Kier alpha value is -2.28. The van der Waals surface area contributed by atoms with Crippen LogP contribution in [0.5, 0.6) is 5.75 Å². The monoisotopic (exact) mass is 281 g/mol. The van der Waals surface area contributed by atoms with E-state index in [1.54, 1.807) is 38.1 Å². The number of amidine groups is 1. The van der Waals surface area contributed by atoms with Gasteiger partial charge in [0.25, 0.3) is 5.91 Å². The Labute approximate surface area is 117 Å². The van der Waals surface area contributed by atoms with Crippen LogP contribution < -0.4 is 15.8 Å². The summed E-state index contributed by atoms with van der Waals surface area (Å²) in [5.41, 5.74) is 4.94. The summed E-state index contributed by atoms with van der Waals surface area (Å²) in [4.78, 5) is 11.9. The number of anilines is 1. The number of hydrogen-bond donors (Lipinski definition) is 3. The van der Waals surface area contributed by atoms with E-state index in [-0.39, 0.29) is 18.3 Å². The Morgan fingerprint density at radius 1 is 1.50 bits per heavy atom. The quantitative estimate of drug-likeness (QED) is 0.314. The number of nitrogens with zero attached hydrogens (tertiary/aromatic N) is 1. The molecule has 1 aromatic rings. The molecule has 1 amide bonds. The Kier molecular flexibility index (Phi) is 5.33. The molecule has 0 aliphatic heterocycles. The number of amides is 1. The first-order valence-corrected chi connectivity index (χ1v) is 5.95. The third-order valence-corrected chi connectivity index (χ3v) is 2.66. The third kappa shape index (κ3) is 4.43. The topological polar surface area (TPSA) is 106 Å². The van der Waals surface area contributed by atoms with E-state index in [2.05, 4.69) is 10.5 Å². The highest BCUT2D eigenvalue weighted by Gasteiger charge is 2.26. The summed E-state index contributed by atoms with van der Waals surface area (Å²) in [6.07, 6.45) is 0. The predicted octanol–water partition coefficient (Wildman–Crippen LogP) is 1.18. The minimum Gasteiger partial charge on any atom is -0.485 e. The molecular weight excluding hydrogens is 262 g/mol. The third-order valence-electron chi connectivity index (χ3n) is 2.66. The van der Waals surface area contributed by atoms with Gasteiger partial charge in [-0.1, -0.05) is 11.2 Å². The van der Waals surface area contributed by atoms with Gasteiger partial charge in [-0.2, -0.15) is 0 Å². The lowest BCUT2D eigenvalue weighted by Gasteiger charge is -2.21. The van der Waals surface area contributed by atoms with E-state index in [4.69, 9.17) is 20.4 Å². The van der Waals surface area contributed by atoms with Crippen LogP contribution in [0, 0.1) is 0 Å². The number of rotatable bonds is 6. The summed E-state index contributed by atoms with van der Waals surface area (Å²) in [7, 11) is 1.47. The van der Waals surface area contributed by atoms with Gasteiger partial charge in [0, 0.05) is 18.9 Å². The Balaban J connectivity index is 2.71. The normalized spacial score (nSPS) is 12.1. The lowest BCUT2D eigenvalue weighted by atomic mass is 10.1. The maximum atomic E-state index is 11.9. The molecule has 7 heteroatoms. The average molecular weight is 281 g/mol. The van der Waals surface area contributed by atoms with Crippen molar-refractivity contribution in [2.45, 2.75) is 19.4 Å². The van der Waals surface area contributed by atoms with Crippen molar-refractivity contribution in [1.29, 1.82) is 0 Å². The summed E-state index contributed by atoms with van der Waals surface area (Å²) in [6, 6.07) is 6.77. The number of methoxy groups -OCH3 is 1. The SMILES string of the molecule is COC(C)(C)C(=O)Nc1cccc(OC/C(N)=N/O)c1. The number of oxime groups is 1. The number of carbonyl (C=O) groups excluding carboxylic acids is 1. The molecule has 0 saturated carbocycles. The highest BCUT2D eigenvalue weighted by atomic mass is 16.5. The lowest BCUT2D eigenvalue weighted by Crippen LogP contribution is -2.38. The molecule has 0 atom stereocenters. The molecule has 0 fully saturated rings. The van der Waals surface area contributed by atoms with Gasteiger partial charge in [-0.05, 0) is 26.0 Å². The molecule has 0 unspecified atom stereocenters. The fourth-order valence-corrected chi connectivity index (χ4v) is 1.22. The van der Waals surface area contributed by atoms with Gasteiger partial charge >= 0.3 is 0 Å². The van der Waals surface area contributed by atoms with Crippen molar-refractivity contribution in [2.24, 2.45) is 10.9 Å². The highest BCUT2D eigenvalue weighted by Crippen LogP contribution is 2.19. The van der Waals surface area contributed by atoms with Crippen LogP contribution in [0.25, 0.3) is 0 Å². The maximum absolute atomic E-state index is 11.9. The van der Waals surface area contributed by atoms with Crippen molar-refractivity contribution in [3.05, 3.63) is 24.3 Å². The minimum absolute atomic E-state index is 0.0417. The molecular formula is C13H19N3O4. The molecule has 1 aromatic carbocycles. The van der Waals surface area contributed by atoms with E-state index < -0.39 is 5.60 Å². The Morgan fingerprint density at radius 2 is 2.20 bits per heavy atom. The Morgan fingerprint density at radius 3 is 2.80 bits per heavy atom. The summed E-state index contributed by atoms with van der Waals surface area (Å²) < 4.78 is 10.4. The van der Waals surface area contributed by atoms with Crippen molar-refractivity contribution >= 4 is 17.4 Å².